The van der Waals surface area contributed by atoms with Crippen molar-refractivity contribution in [1.29, 1.82) is 0 Å². The summed E-state index contributed by atoms with van der Waals surface area (Å²) in [5.74, 6) is 3.75. The van der Waals surface area contributed by atoms with Gasteiger partial charge in [-0.3, -0.25) is 0 Å². The van der Waals surface area contributed by atoms with Crippen molar-refractivity contribution in [2.45, 2.75) is 19.8 Å². The molecule has 0 aromatic heterocycles. The Hall–Kier alpha value is -2.62. The molecule has 0 N–H and O–H groups in total. The van der Waals surface area contributed by atoms with Gasteiger partial charge in [0.25, 0.3) is 0 Å². The lowest BCUT2D eigenvalue weighted by Crippen LogP contribution is -2.18. The van der Waals surface area contributed by atoms with E-state index in [2.05, 4.69) is 44.2 Å². The molecule has 4 nitrogen and oxygen atoms in total. The lowest BCUT2D eigenvalue weighted by molar-refractivity contribution is 0.174. The molecule has 0 saturated heterocycles. The van der Waals surface area contributed by atoms with Crippen molar-refractivity contribution in [1.82, 2.24) is 0 Å². The van der Waals surface area contributed by atoms with E-state index in [4.69, 9.17) is 18.9 Å². The van der Waals surface area contributed by atoms with Crippen LogP contribution in [-0.4, -0.2) is 21.0 Å². The van der Waals surface area contributed by atoms with Crippen LogP contribution in [0.3, 0.4) is 0 Å². The van der Waals surface area contributed by atoms with Crippen molar-refractivity contribution in [3.8, 4) is 23.0 Å². The number of hydrogen-bond donors (Lipinski definition) is 0. The molecule has 4 rings (SSSR count). The van der Waals surface area contributed by atoms with Crippen LogP contribution in [0.15, 0.2) is 35.9 Å². The van der Waals surface area contributed by atoms with Crippen molar-refractivity contribution >= 4 is 6.08 Å². The Morgan fingerprint density at radius 3 is 2.44 bits per heavy atom. The fraction of sp³-hybridized carbons (Fsp3) is 0.333. The van der Waals surface area contributed by atoms with Crippen LogP contribution in [0.5, 0.6) is 23.0 Å². The third-order valence-corrected chi connectivity index (χ3v) is 5.28. The zero-order valence-corrected chi connectivity index (χ0v) is 15.0. The second kappa shape index (κ2) is 6.03. The van der Waals surface area contributed by atoms with E-state index in [1.165, 1.54) is 22.3 Å². The summed E-state index contributed by atoms with van der Waals surface area (Å²) in [5.41, 5.74) is 4.99. The average molecular weight is 338 g/mol. The Morgan fingerprint density at radius 1 is 0.960 bits per heavy atom. The molecule has 1 heterocycles. The molecule has 2 aromatic carbocycles. The second-order valence-corrected chi connectivity index (χ2v) is 6.60. The number of hydrogen-bond acceptors (Lipinski definition) is 4. The van der Waals surface area contributed by atoms with Gasteiger partial charge in [-0.25, -0.2) is 0 Å². The lowest BCUT2D eigenvalue weighted by atomic mass is 9.72. The van der Waals surface area contributed by atoms with E-state index in [1.807, 2.05) is 6.07 Å². The summed E-state index contributed by atoms with van der Waals surface area (Å²) >= 11 is 0. The molecule has 1 aliphatic carbocycles. The molecular formula is C21H22O4. The molecule has 4 heteroatoms. The van der Waals surface area contributed by atoms with Crippen molar-refractivity contribution in [2.24, 2.45) is 5.92 Å². The minimum atomic E-state index is 0.231. The van der Waals surface area contributed by atoms with Gasteiger partial charge in [0.15, 0.2) is 23.0 Å². The van der Waals surface area contributed by atoms with E-state index in [-0.39, 0.29) is 5.92 Å². The van der Waals surface area contributed by atoms with Crippen molar-refractivity contribution in [3.05, 3.63) is 52.6 Å². The summed E-state index contributed by atoms with van der Waals surface area (Å²) in [5, 5.41) is 0. The first kappa shape index (κ1) is 15.9. The minimum absolute atomic E-state index is 0.231. The first-order valence-corrected chi connectivity index (χ1v) is 8.46. The van der Waals surface area contributed by atoms with Crippen LogP contribution in [0.1, 0.15) is 36.5 Å². The molecule has 1 aliphatic heterocycles. The maximum absolute atomic E-state index is 5.58. The third kappa shape index (κ3) is 2.53. The zero-order chi connectivity index (χ0) is 17.6. The number of benzene rings is 2. The molecule has 2 aromatic rings. The maximum Gasteiger partial charge on any atom is 0.231 e. The average Bonchev–Trinajstić information content (AvgIpc) is 3.09. The summed E-state index contributed by atoms with van der Waals surface area (Å²) in [7, 11) is 3.34. The van der Waals surface area contributed by atoms with Crippen LogP contribution in [0.25, 0.3) is 6.08 Å². The fourth-order valence-corrected chi connectivity index (χ4v) is 3.79. The van der Waals surface area contributed by atoms with Crippen LogP contribution in [0, 0.1) is 5.92 Å². The summed E-state index contributed by atoms with van der Waals surface area (Å²) in [6.07, 6.45) is 2.24. The molecule has 0 saturated carbocycles. The van der Waals surface area contributed by atoms with Gasteiger partial charge in [0.05, 0.1) is 14.2 Å². The van der Waals surface area contributed by atoms with Gasteiger partial charge in [0, 0.05) is 5.92 Å². The second-order valence-electron chi connectivity index (χ2n) is 6.60. The standard InChI is InChI=1S/C21H22O4/c1-12-7-15-9-18(22-3)19(23-4)10-16(15)21(13(12)2)14-5-6-17-20(8-14)25-11-24-17/h5-10,13,21H,11H2,1-4H3. The highest BCUT2D eigenvalue weighted by Crippen LogP contribution is 2.47. The third-order valence-electron chi connectivity index (χ3n) is 5.28. The van der Waals surface area contributed by atoms with Crippen LogP contribution >= 0.6 is 0 Å². The van der Waals surface area contributed by atoms with Crippen molar-refractivity contribution in [2.75, 3.05) is 21.0 Å². The lowest BCUT2D eigenvalue weighted by Gasteiger charge is -2.32. The molecule has 2 atom stereocenters. The molecule has 0 spiro atoms. The fourth-order valence-electron chi connectivity index (χ4n) is 3.79. The Bertz CT molecular complexity index is 853. The highest BCUT2D eigenvalue weighted by Gasteiger charge is 2.30. The quantitative estimate of drug-likeness (QED) is 0.818. The molecule has 25 heavy (non-hydrogen) atoms. The minimum Gasteiger partial charge on any atom is -0.493 e. The molecule has 0 amide bonds. The molecule has 0 fully saturated rings. The van der Waals surface area contributed by atoms with Gasteiger partial charge in [-0.1, -0.05) is 24.6 Å². The van der Waals surface area contributed by atoms with Gasteiger partial charge in [0.2, 0.25) is 6.79 Å². The van der Waals surface area contributed by atoms with Gasteiger partial charge in [0.1, 0.15) is 0 Å². The van der Waals surface area contributed by atoms with Gasteiger partial charge in [-0.05, 0) is 53.8 Å². The highest BCUT2D eigenvalue weighted by atomic mass is 16.7. The van der Waals surface area contributed by atoms with Crippen LogP contribution in [-0.2, 0) is 0 Å². The summed E-state index contributed by atoms with van der Waals surface area (Å²) in [6.45, 7) is 4.74. The van der Waals surface area contributed by atoms with Gasteiger partial charge < -0.3 is 18.9 Å². The molecule has 0 radical (unpaired) electrons. The van der Waals surface area contributed by atoms with Gasteiger partial charge in [-0.2, -0.15) is 0 Å². The Kier molecular flexibility index (Phi) is 3.83. The highest BCUT2D eigenvalue weighted by molar-refractivity contribution is 5.68. The van der Waals surface area contributed by atoms with E-state index in [0.29, 0.717) is 12.7 Å². The summed E-state index contributed by atoms with van der Waals surface area (Å²) in [4.78, 5) is 0. The molecule has 2 aliphatic rings. The van der Waals surface area contributed by atoms with E-state index >= 15 is 0 Å². The van der Waals surface area contributed by atoms with Crippen molar-refractivity contribution < 1.29 is 18.9 Å². The molecule has 0 bridgehead atoms. The smallest absolute Gasteiger partial charge is 0.231 e. The Morgan fingerprint density at radius 2 is 1.68 bits per heavy atom. The SMILES string of the molecule is COc1cc2c(cc1OC)C(c1ccc3c(c1)OCO3)C(C)C(C)=C2. The van der Waals surface area contributed by atoms with Crippen molar-refractivity contribution in [3.63, 3.8) is 0 Å². The molecule has 130 valence electrons. The topological polar surface area (TPSA) is 36.9 Å². The molecular weight excluding hydrogens is 316 g/mol. The number of ether oxygens (including phenoxy) is 4. The van der Waals surface area contributed by atoms with Gasteiger partial charge >= 0.3 is 0 Å². The zero-order valence-electron chi connectivity index (χ0n) is 15.0. The largest absolute Gasteiger partial charge is 0.493 e. The van der Waals surface area contributed by atoms with Crippen LogP contribution < -0.4 is 18.9 Å². The predicted molar refractivity (Wildman–Crippen MR) is 96.8 cm³/mol. The first-order chi connectivity index (χ1) is 12.1. The molecule has 2 unspecified atom stereocenters. The number of rotatable bonds is 3. The Balaban J connectivity index is 1.87. The van der Waals surface area contributed by atoms with Crippen LogP contribution in [0.4, 0.5) is 0 Å². The van der Waals surface area contributed by atoms with E-state index in [0.717, 1.165) is 23.0 Å². The number of fused-ring (bicyclic) bond motifs is 2. The maximum atomic E-state index is 5.58. The van der Waals surface area contributed by atoms with Gasteiger partial charge in [-0.15, -0.1) is 0 Å². The van der Waals surface area contributed by atoms with Crippen LogP contribution in [0.2, 0.25) is 0 Å². The number of methoxy groups -OCH3 is 2. The summed E-state index contributed by atoms with van der Waals surface area (Å²) < 4.78 is 22.0. The van der Waals surface area contributed by atoms with E-state index in [9.17, 15) is 0 Å². The van der Waals surface area contributed by atoms with E-state index < -0.39 is 0 Å². The Labute approximate surface area is 148 Å². The number of allylic oxidation sites excluding steroid dienone is 1. The summed E-state index contributed by atoms with van der Waals surface area (Å²) in [6, 6.07) is 10.4. The normalized spacial score (nSPS) is 20.7. The predicted octanol–water partition coefficient (Wildman–Crippen LogP) is 4.62. The monoisotopic (exact) mass is 338 g/mol. The van der Waals surface area contributed by atoms with E-state index in [1.54, 1.807) is 14.2 Å². The first-order valence-electron chi connectivity index (χ1n) is 8.46.